The van der Waals surface area contributed by atoms with E-state index < -0.39 is 11.2 Å². The third-order valence-electron chi connectivity index (χ3n) is 4.92. The maximum absolute atomic E-state index is 12.2. The van der Waals surface area contributed by atoms with Crippen molar-refractivity contribution in [2.75, 3.05) is 0 Å². The summed E-state index contributed by atoms with van der Waals surface area (Å²) in [6.45, 7) is 0.770. The summed E-state index contributed by atoms with van der Waals surface area (Å²) in [5, 5.41) is 2.86. The number of hydrogen-bond donors (Lipinski definition) is 3. The molecule has 0 aliphatic rings. The highest BCUT2D eigenvalue weighted by Crippen LogP contribution is 2.14. The second-order valence-electron chi connectivity index (χ2n) is 7.23. The fourth-order valence-electron chi connectivity index (χ4n) is 3.14. The van der Waals surface area contributed by atoms with E-state index in [1.165, 1.54) is 11.6 Å². The number of imidazole rings is 1. The molecule has 164 valence electrons. The highest BCUT2D eigenvalue weighted by molar-refractivity contribution is 5.76. The number of hydrogen-bond acceptors (Lipinski definition) is 6. The van der Waals surface area contributed by atoms with Gasteiger partial charge in [-0.05, 0) is 29.8 Å². The third-order valence-corrected chi connectivity index (χ3v) is 4.92. The Morgan fingerprint density at radius 2 is 1.94 bits per heavy atom. The summed E-state index contributed by atoms with van der Waals surface area (Å²) in [7, 11) is 1.52. The van der Waals surface area contributed by atoms with Crippen LogP contribution in [0, 0.1) is 0 Å². The topological polar surface area (TPSA) is 135 Å². The largest absolute Gasteiger partial charge is 0.487 e. The van der Waals surface area contributed by atoms with Gasteiger partial charge in [-0.25, -0.2) is 9.78 Å². The van der Waals surface area contributed by atoms with Crippen molar-refractivity contribution in [3.05, 3.63) is 86.6 Å². The second kappa shape index (κ2) is 9.29. The van der Waals surface area contributed by atoms with Crippen molar-refractivity contribution < 1.29 is 9.53 Å². The van der Waals surface area contributed by atoms with E-state index in [-0.39, 0.29) is 23.5 Å². The summed E-state index contributed by atoms with van der Waals surface area (Å²) in [5.74, 6) is 1.04. The Labute approximate surface area is 182 Å². The van der Waals surface area contributed by atoms with Gasteiger partial charge in [0.2, 0.25) is 5.91 Å². The van der Waals surface area contributed by atoms with Crippen LogP contribution in [0.25, 0.3) is 11.2 Å². The zero-order valence-electron chi connectivity index (χ0n) is 17.4. The number of benzene rings is 1. The number of carbonyl (C=O) groups excluding carboxylic acids is 1. The molecule has 0 atom stereocenters. The number of rotatable bonds is 8. The molecule has 3 heterocycles. The average Bonchev–Trinajstić information content (AvgIpc) is 3.25. The van der Waals surface area contributed by atoms with Gasteiger partial charge >= 0.3 is 5.69 Å². The molecule has 3 aromatic heterocycles. The molecule has 0 fully saturated rings. The summed E-state index contributed by atoms with van der Waals surface area (Å²) >= 11 is 0. The summed E-state index contributed by atoms with van der Waals surface area (Å²) < 4.78 is 6.95. The molecule has 1 aromatic carbocycles. The van der Waals surface area contributed by atoms with Gasteiger partial charge < -0.3 is 15.0 Å². The molecule has 0 radical (unpaired) electrons. The quantitative estimate of drug-likeness (QED) is 0.381. The van der Waals surface area contributed by atoms with Gasteiger partial charge in [-0.2, -0.15) is 0 Å². The van der Waals surface area contributed by atoms with E-state index in [2.05, 4.69) is 25.3 Å². The number of ether oxygens (including phenoxy) is 1. The minimum atomic E-state index is -0.536. The zero-order chi connectivity index (χ0) is 22.5. The molecule has 0 bridgehead atoms. The van der Waals surface area contributed by atoms with Gasteiger partial charge in [-0.3, -0.25) is 24.1 Å². The predicted molar refractivity (Wildman–Crippen MR) is 117 cm³/mol. The number of pyridine rings is 1. The lowest BCUT2D eigenvalue weighted by atomic mass is 10.2. The van der Waals surface area contributed by atoms with Crippen molar-refractivity contribution in [2.24, 2.45) is 7.05 Å². The van der Waals surface area contributed by atoms with Crippen LogP contribution in [-0.4, -0.2) is 30.4 Å². The van der Waals surface area contributed by atoms with E-state index in [4.69, 9.17) is 4.74 Å². The SMILES string of the molecule is Cn1c(=O)[nH]c(=O)c2[nH]c(CCC(=O)NCc3ccc(OCc4ccccn4)cc3)nc21. The van der Waals surface area contributed by atoms with Gasteiger partial charge in [0, 0.05) is 32.6 Å². The normalized spacial score (nSPS) is 10.9. The molecule has 32 heavy (non-hydrogen) atoms. The molecule has 0 aliphatic carbocycles. The number of aryl methyl sites for hydroxylation is 2. The fourth-order valence-corrected chi connectivity index (χ4v) is 3.14. The summed E-state index contributed by atoms with van der Waals surface area (Å²) in [6, 6.07) is 13.1. The Hall–Kier alpha value is -4.21. The number of H-pyrrole nitrogens is 2. The van der Waals surface area contributed by atoms with Gasteiger partial charge in [0.15, 0.2) is 5.65 Å². The Balaban J connectivity index is 1.26. The number of nitrogens with zero attached hydrogens (tertiary/aromatic N) is 3. The average molecular weight is 434 g/mol. The van der Waals surface area contributed by atoms with Crippen LogP contribution < -0.4 is 21.3 Å². The summed E-state index contributed by atoms with van der Waals surface area (Å²) in [4.78, 5) is 49.3. The van der Waals surface area contributed by atoms with E-state index in [0.29, 0.717) is 25.4 Å². The molecule has 4 rings (SSSR count). The summed E-state index contributed by atoms with van der Waals surface area (Å²) in [5.41, 5.74) is 1.20. The Bertz CT molecular complexity index is 1340. The lowest BCUT2D eigenvalue weighted by Gasteiger charge is -2.08. The van der Waals surface area contributed by atoms with E-state index in [1.54, 1.807) is 6.20 Å². The van der Waals surface area contributed by atoms with E-state index in [9.17, 15) is 14.4 Å². The van der Waals surface area contributed by atoms with Gasteiger partial charge in [0.1, 0.15) is 23.7 Å². The minimum absolute atomic E-state index is 0.149. The van der Waals surface area contributed by atoms with Crippen LogP contribution in [-0.2, 0) is 31.4 Å². The van der Waals surface area contributed by atoms with Crippen molar-refractivity contribution in [1.82, 2.24) is 29.8 Å². The molecule has 1 amide bonds. The van der Waals surface area contributed by atoms with E-state index >= 15 is 0 Å². The Kier molecular flexibility index (Phi) is 6.11. The maximum atomic E-state index is 12.2. The molecular weight excluding hydrogens is 412 g/mol. The molecule has 0 spiro atoms. The monoisotopic (exact) mass is 434 g/mol. The van der Waals surface area contributed by atoms with Crippen molar-refractivity contribution >= 4 is 17.1 Å². The Morgan fingerprint density at radius 3 is 2.69 bits per heavy atom. The lowest BCUT2D eigenvalue weighted by molar-refractivity contribution is -0.121. The lowest BCUT2D eigenvalue weighted by Crippen LogP contribution is -2.28. The van der Waals surface area contributed by atoms with Gasteiger partial charge in [-0.1, -0.05) is 18.2 Å². The Morgan fingerprint density at radius 1 is 1.12 bits per heavy atom. The smallest absolute Gasteiger partial charge is 0.329 e. The molecular formula is C22H22N6O4. The second-order valence-corrected chi connectivity index (χ2v) is 7.23. The first-order valence-corrected chi connectivity index (χ1v) is 10.1. The molecule has 0 saturated heterocycles. The van der Waals surface area contributed by atoms with Crippen LogP contribution in [0.3, 0.4) is 0 Å². The fraction of sp³-hybridized carbons (Fsp3) is 0.227. The predicted octanol–water partition coefficient (Wildman–Crippen LogP) is 1.17. The van der Waals surface area contributed by atoms with Crippen LogP contribution in [0.4, 0.5) is 0 Å². The van der Waals surface area contributed by atoms with Crippen molar-refractivity contribution in [3.63, 3.8) is 0 Å². The maximum Gasteiger partial charge on any atom is 0.329 e. The standard InChI is InChI=1S/C22H22N6O4/c1-28-20-19(21(30)27-22(28)31)25-17(26-20)9-10-18(29)24-12-14-5-7-16(8-6-14)32-13-15-4-2-3-11-23-15/h2-8,11H,9-10,12-13H2,1H3,(H,24,29)(H,25,26)(H,27,30,31). The van der Waals surface area contributed by atoms with Crippen molar-refractivity contribution in [1.29, 1.82) is 0 Å². The molecule has 0 aliphatic heterocycles. The van der Waals surface area contributed by atoms with Crippen LogP contribution in [0.2, 0.25) is 0 Å². The van der Waals surface area contributed by atoms with E-state index in [1.807, 2.05) is 42.5 Å². The van der Waals surface area contributed by atoms with Crippen LogP contribution in [0.15, 0.2) is 58.3 Å². The highest BCUT2D eigenvalue weighted by Gasteiger charge is 2.12. The number of nitrogens with one attached hydrogen (secondary N) is 3. The highest BCUT2D eigenvalue weighted by atomic mass is 16.5. The van der Waals surface area contributed by atoms with E-state index in [0.717, 1.165) is 17.0 Å². The van der Waals surface area contributed by atoms with Gasteiger partial charge in [0.25, 0.3) is 5.56 Å². The molecule has 0 unspecified atom stereocenters. The van der Waals surface area contributed by atoms with Crippen LogP contribution >= 0.6 is 0 Å². The first-order valence-electron chi connectivity index (χ1n) is 10.1. The summed E-state index contributed by atoms with van der Waals surface area (Å²) in [6.07, 6.45) is 2.23. The van der Waals surface area contributed by atoms with Gasteiger partial charge in [0.05, 0.1) is 5.69 Å². The molecule has 0 saturated carbocycles. The number of aromatic nitrogens is 5. The molecule has 10 heteroatoms. The minimum Gasteiger partial charge on any atom is -0.487 e. The first-order chi connectivity index (χ1) is 15.5. The van der Waals surface area contributed by atoms with Crippen LogP contribution in [0.5, 0.6) is 5.75 Å². The van der Waals surface area contributed by atoms with Crippen molar-refractivity contribution in [3.8, 4) is 5.75 Å². The first kappa shape index (κ1) is 21.0. The zero-order valence-corrected chi connectivity index (χ0v) is 17.4. The third kappa shape index (κ3) is 4.91. The van der Waals surface area contributed by atoms with Crippen molar-refractivity contribution in [2.45, 2.75) is 26.0 Å². The van der Waals surface area contributed by atoms with Crippen LogP contribution in [0.1, 0.15) is 23.5 Å². The number of carbonyl (C=O) groups is 1. The molecule has 10 nitrogen and oxygen atoms in total. The molecule has 3 N–H and O–H groups in total. The van der Waals surface area contributed by atoms with Gasteiger partial charge in [-0.15, -0.1) is 0 Å². The molecule has 4 aromatic rings. The number of fused-ring (bicyclic) bond motifs is 1. The number of amides is 1. The number of aromatic amines is 2.